The van der Waals surface area contributed by atoms with E-state index in [1.165, 1.54) is 22.2 Å². The normalized spacial score (nSPS) is 17.5. The zero-order chi connectivity index (χ0) is 19.5. The van der Waals surface area contributed by atoms with Crippen LogP contribution in [0.2, 0.25) is 5.02 Å². The van der Waals surface area contributed by atoms with E-state index in [2.05, 4.69) is 49.7 Å². The maximum Gasteiger partial charge on any atom is 0.254 e. The van der Waals surface area contributed by atoms with Crippen LogP contribution in [0.4, 0.5) is 5.69 Å². The summed E-state index contributed by atoms with van der Waals surface area (Å²) in [6.07, 6.45) is 0. The zero-order valence-corrected chi connectivity index (χ0v) is 17.1. The quantitative estimate of drug-likeness (QED) is 0.547. The highest BCUT2D eigenvalue weighted by Crippen LogP contribution is 2.45. The van der Waals surface area contributed by atoms with Crippen molar-refractivity contribution in [2.45, 2.75) is 33.7 Å². The van der Waals surface area contributed by atoms with E-state index >= 15 is 0 Å². The number of halogens is 1. The third kappa shape index (κ3) is 2.53. The molecule has 1 unspecified atom stereocenters. The van der Waals surface area contributed by atoms with Crippen LogP contribution in [0, 0.1) is 13.8 Å². The first-order chi connectivity index (χ1) is 12.8. The average Bonchev–Trinajstić information content (AvgIpc) is 3.03. The Morgan fingerprint density at radius 2 is 1.70 bits per heavy atom. The van der Waals surface area contributed by atoms with Gasteiger partial charge in [0.15, 0.2) is 0 Å². The van der Waals surface area contributed by atoms with E-state index in [0.717, 1.165) is 22.4 Å². The number of hydrogen-bond donors (Lipinski definition) is 0. The molecule has 1 atom stereocenters. The lowest BCUT2D eigenvalue weighted by Gasteiger charge is -2.28. The molecule has 1 aliphatic heterocycles. The third-order valence-corrected chi connectivity index (χ3v) is 6.36. The maximum absolute atomic E-state index is 13.2. The molecule has 1 aromatic heterocycles. The van der Waals surface area contributed by atoms with Crippen molar-refractivity contribution in [1.29, 1.82) is 0 Å². The van der Waals surface area contributed by atoms with Crippen molar-refractivity contribution in [3.63, 3.8) is 0 Å². The molecule has 2 aromatic carbocycles. The van der Waals surface area contributed by atoms with Gasteiger partial charge in [-0.15, -0.1) is 0 Å². The SMILES string of the molecule is CC1=C(C)C(c2c(C)n(C)c3ccccc23)N(c2ccc(C)c(Cl)c2)C1=O. The molecule has 0 spiro atoms. The fourth-order valence-corrected chi connectivity index (χ4v) is 4.28. The van der Waals surface area contributed by atoms with Crippen molar-refractivity contribution in [2.24, 2.45) is 7.05 Å². The molecule has 0 saturated heterocycles. The van der Waals surface area contributed by atoms with Crippen LogP contribution in [0.3, 0.4) is 0 Å². The lowest BCUT2D eigenvalue weighted by molar-refractivity contribution is -0.114. The fraction of sp³-hybridized carbons (Fsp3) is 0.261. The van der Waals surface area contributed by atoms with Crippen LogP contribution in [-0.2, 0) is 11.8 Å². The Morgan fingerprint density at radius 3 is 2.41 bits per heavy atom. The second-order valence-electron chi connectivity index (χ2n) is 7.39. The van der Waals surface area contributed by atoms with Crippen LogP contribution in [0.15, 0.2) is 53.6 Å². The van der Waals surface area contributed by atoms with Gasteiger partial charge in [-0.2, -0.15) is 0 Å². The first-order valence-electron chi connectivity index (χ1n) is 9.14. The van der Waals surface area contributed by atoms with Gasteiger partial charge in [0.25, 0.3) is 5.91 Å². The Labute approximate surface area is 164 Å². The highest BCUT2D eigenvalue weighted by molar-refractivity contribution is 6.31. The minimum absolute atomic E-state index is 0.0461. The highest BCUT2D eigenvalue weighted by atomic mass is 35.5. The largest absolute Gasteiger partial charge is 0.348 e. The van der Waals surface area contributed by atoms with Crippen LogP contribution >= 0.6 is 11.6 Å². The molecule has 0 aliphatic carbocycles. The molecule has 0 N–H and O–H groups in total. The van der Waals surface area contributed by atoms with E-state index in [-0.39, 0.29) is 11.9 Å². The van der Waals surface area contributed by atoms with Gasteiger partial charge in [-0.05, 0) is 57.0 Å². The van der Waals surface area contributed by atoms with Gasteiger partial charge in [-0.3, -0.25) is 9.69 Å². The van der Waals surface area contributed by atoms with Crippen molar-refractivity contribution in [1.82, 2.24) is 4.57 Å². The summed E-state index contributed by atoms with van der Waals surface area (Å²) in [5.74, 6) is 0.0461. The first kappa shape index (κ1) is 17.9. The number of aromatic nitrogens is 1. The Bertz CT molecular complexity index is 1120. The smallest absolute Gasteiger partial charge is 0.254 e. The lowest BCUT2D eigenvalue weighted by atomic mass is 9.96. The number of carbonyl (C=O) groups is 1. The summed E-state index contributed by atoms with van der Waals surface area (Å²) in [5.41, 5.74) is 7.28. The monoisotopic (exact) mass is 378 g/mol. The van der Waals surface area contributed by atoms with Crippen molar-refractivity contribution in [3.05, 3.63) is 75.5 Å². The summed E-state index contributed by atoms with van der Waals surface area (Å²) in [7, 11) is 2.08. The van der Waals surface area contributed by atoms with E-state index in [9.17, 15) is 4.79 Å². The van der Waals surface area contributed by atoms with Gasteiger partial charge in [0, 0.05) is 45.5 Å². The van der Waals surface area contributed by atoms with E-state index in [1.54, 1.807) is 0 Å². The number of carbonyl (C=O) groups excluding carboxylic acids is 1. The summed E-state index contributed by atoms with van der Waals surface area (Å²) in [4.78, 5) is 15.1. The first-order valence-corrected chi connectivity index (χ1v) is 9.51. The number of nitrogens with zero attached hydrogens (tertiary/aromatic N) is 2. The number of hydrogen-bond acceptors (Lipinski definition) is 1. The van der Waals surface area contributed by atoms with E-state index in [4.69, 9.17) is 11.6 Å². The highest BCUT2D eigenvalue weighted by Gasteiger charge is 2.39. The average molecular weight is 379 g/mol. The standard InChI is InChI=1S/C23H23ClN2O/c1-13-10-11-17(12-19(13)24)26-22(14(2)15(3)23(26)27)21-16(4)25(5)20-9-7-6-8-18(20)21/h6-12,22H,1-5H3. The number of amides is 1. The van der Waals surface area contributed by atoms with Gasteiger partial charge in [0.05, 0.1) is 6.04 Å². The van der Waals surface area contributed by atoms with Crippen LogP contribution in [0.25, 0.3) is 10.9 Å². The molecule has 138 valence electrons. The summed E-state index contributed by atoms with van der Waals surface area (Å²) < 4.78 is 2.20. The molecule has 4 rings (SSSR count). The Balaban J connectivity index is 1.98. The Morgan fingerprint density at radius 1 is 1.00 bits per heavy atom. The summed E-state index contributed by atoms with van der Waals surface area (Å²) in [5, 5.41) is 1.86. The molecular formula is C23H23ClN2O. The predicted molar refractivity (Wildman–Crippen MR) is 112 cm³/mol. The molecule has 27 heavy (non-hydrogen) atoms. The molecule has 0 saturated carbocycles. The number of para-hydroxylation sites is 1. The predicted octanol–water partition coefficient (Wildman–Crippen LogP) is 5.87. The van der Waals surface area contributed by atoms with Crippen molar-refractivity contribution < 1.29 is 4.79 Å². The molecule has 1 aliphatic rings. The van der Waals surface area contributed by atoms with Crippen molar-refractivity contribution in [2.75, 3.05) is 4.90 Å². The van der Waals surface area contributed by atoms with Gasteiger partial charge in [-0.25, -0.2) is 0 Å². The van der Waals surface area contributed by atoms with Crippen molar-refractivity contribution in [3.8, 4) is 0 Å². The number of aryl methyl sites for hydroxylation is 2. The molecule has 4 heteroatoms. The van der Waals surface area contributed by atoms with Crippen molar-refractivity contribution >= 4 is 34.1 Å². The third-order valence-electron chi connectivity index (χ3n) is 5.95. The number of fused-ring (bicyclic) bond motifs is 1. The number of anilines is 1. The second-order valence-corrected chi connectivity index (χ2v) is 7.80. The minimum Gasteiger partial charge on any atom is -0.348 e. The second kappa shape index (κ2) is 6.28. The van der Waals surface area contributed by atoms with Crippen LogP contribution in [0.5, 0.6) is 0 Å². The number of benzene rings is 2. The molecule has 3 aromatic rings. The van der Waals surface area contributed by atoms with Crippen LogP contribution in [0.1, 0.15) is 36.7 Å². The topological polar surface area (TPSA) is 25.2 Å². The van der Waals surface area contributed by atoms with Gasteiger partial charge in [-0.1, -0.05) is 35.9 Å². The fourth-order valence-electron chi connectivity index (χ4n) is 4.10. The Kier molecular flexibility index (Phi) is 4.15. The van der Waals surface area contributed by atoms with Crippen LogP contribution < -0.4 is 4.90 Å². The van der Waals surface area contributed by atoms with Gasteiger partial charge in [0.2, 0.25) is 0 Å². The van der Waals surface area contributed by atoms with Gasteiger partial charge in [0.1, 0.15) is 0 Å². The van der Waals surface area contributed by atoms with Gasteiger partial charge >= 0.3 is 0 Å². The van der Waals surface area contributed by atoms with Crippen LogP contribution in [-0.4, -0.2) is 10.5 Å². The molecule has 0 fully saturated rings. The molecule has 1 amide bonds. The number of rotatable bonds is 2. The molecule has 3 nitrogen and oxygen atoms in total. The Hall–Kier alpha value is -2.52. The van der Waals surface area contributed by atoms with Gasteiger partial charge < -0.3 is 4.57 Å². The van der Waals surface area contributed by atoms with E-state index in [1.807, 2.05) is 36.9 Å². The summed E-state index contributed by atoms with van der Waals surface area (Å²) >= 11 is 6.38. The minimum atomic E-state index is -0.123. The summed E-state index contributed by atoms with van der Waals surface area (Å²) in [6, 6.07) is 14.1. The molecule has 2 heterocycles. The zero-order valence-electron chi connectivity index (χ0n) is 16.3. The molecule has 0 radical (unpaired) electrons. The molecule has 0 bridgehead atoms. The van der Waals surface area contributed by atoms with E-state index < -0.39 is 0 Å². The lowest BCUT2D eigenvalue weighted by Crippen LogP contribution is -2.30. The molecular weight excluding hydrogens is 356 g/mol. The maximum atomic E-state index is 13.2. The summed E-state index contributed by atoms with van der Waals surface area (Å²) in [6.45, 7) is 8.08. The van der Waals surface area contributed by atoms with E-state index in [0.29, 0.717) is 5.02 Å².